The van der Waals surface area contributed by atoms with Gasteiger partial charge in [-0.25, -0.2) is 14.5 Å². The molecule has 1 N–H and O–H groups in total. The number of nitrogens with zero attached hydrogens (tertiary/aromatic N) is 5. The average Bonchev–Trinajstić information content (AvgIpc) is 3.03. The zero-order valence-electron chi connectivity index (χ0n) is 14.3. The second-order valence-corrected chi connectivity index (χ2v) is 6.90. The number of carbonyl (C=O) groups excluding carboxylic acids is 1. The van der Waals surface area contributed by atoms with Crippen LogP contribution < -0.4 is 4.90 Å². The molecule has 1 amide bonds. The van der Waals surface area contributed by atoms with E-state index in [1.807, 2.05) is 20.8 Å². The van der Waals surface area contributed by atoms with Gasteiger partial charge >= 0.3 is 5.97 Å². The first-order valence-corrected chi connectivity index (χ1v) is 8.31. The summed E-state index contributed by atoms with van der Waals surface area (Å²) in [7, 11) is 0. The highest BCUT2D eigenvalue weighted by Crippen LogP contribution is 2.47. The molecule has 0 radical (unpaired) electrons. The van der Waals surface area contributed by atoms with Crippen LogP contribution in [-0.2, 0) is 4.79 Å². The predicted molar refractivity (Wildman–Crippen MR) is 88.5 cm³/mol. The maximum atomic E-state index is 12.3. The predicted octanol–water partition coefficient (Wildman–Crippen LogP) is 1.58. The van der Waals surface area contributed by atoms with Gasteiger partial charge in [0.1, 0.15) is 5.82 Å². The second-order valence-electron chi connectivity index (χ2n) is 6.90. The van der Waals surface area contributed by atoms with Crippen molar-refractivity contribution in [2.45, 2.75) is 33.2 Å². The minimum atomic E-state index is -1.11. The van der Waals surface area contributed by atoms with Crippen LogP contribution in [0.3, 0.4) is 0 Å². The van der Waals surface area contributed by atoms with Crippen molar-refractivity contribution in [1.29, 1.82) is 0 Å². The van der Waals surface area contributed by atoms with Gasteiger partial charge < -0.3 is 5.11 Å². The number of carbonyl (C=O) groups is 2. The minimum Gasteiger partial charge on any atom is -0.476 e. The average molecular weight is 341 g/mol. The van der Waals surface area contributed by atoms with E-state index >= 15 is 0 Å². The van der Waals surface area contributed by atoms with Crippen LogP contribution in [0.15, 0.2) is 12.4 Å². The molecule has 1 aliphatic heterocycles. The molecule has 0 aromatic carbocycles. The summed E-state index contributed by atoms with van der Waals surface area (Å²) >= 11 is 0. The molecule has 2 aromatic heterocycles. The van der Waals surface area contributed by atoms with Gasteiger partial charge in [0.05, 0.1) is 12.2 Å². The molecule has 2 aliphatic rings. The number of hydrogen-bond donors (Lipinski definition) is 1. The molecular formula is C17H19N5O3. The van der Waals surface area contributed by atoms with Gasteiger partial charge in [-0.3, -0.25) is 9.69 Å². The number of carboxylic acids is 1. The Kier molecular flexibility index (Phi) is 3.38. The summed E-state index contributed by atoms with van der Waals surface area (Å²) in [6, 6.07) is -0.205. The topological polar surface area (TPSA) is 101 Å². The van der Waals surface area contributed by atoms with E-state index in [4.69, 9.17) is 5.11 Å². The van der Waals surface area contributed by atoms with E-state index in [-0.39, 0.29) is 23.6 Å². The summed E-state index contributed by atoms with van der Waals surface area (Å²) in [5, 5.41) is 16.6. The zero-order valence-corrected chi connectivity index (χ0v) is 14.3. The minimum absolute atomic E-state index is 0.0901. The Morgan fingerprint density at radius 3 is 2.72 bits per heavy atom. The Morgan fingerprint density at radius 1 is 1.36 bits per heavy atom. The SMILES string of the molecule is Cc1c([C@H](C)n2cc(C(=O)O)nn2)cnc(N2C[C@H]3C[C@H]3C2=O)c1C. The Morgan fingerprint density at radius 2 is 2.12 bits per heavy atom. The fraction of sp³-hybridized carbons (Fsp3) is 0.471. The Balaban J connectivity index is 1.65. The summed E-state index contributed by atoms with van der Waals surface area (Å²) in [4.78, 5) is 29.6. The van der Waals surface area contributed by atoms with Crippen molar-refractivity contribution in [2.24, 2.45) is 11.8 Å². The Hall–Kier alpha value is -2.77. The highest BCUT2D eigenvalue weighted by atomic mass is 16.4. The number of aromatic carboxylic acids is 1. The van der Waals surface area contributed by atoms with Gasteiger partial charge in [-0.15, -0.1) is 5.10 Å². The van der Waals surface area contributed by atoms with Crippen molar-refractivity contribution >= 4 is 17.7 Å². The van der Waals surface area contributed by atoms with Gasteiger partial charge in [0, 0.05) is 18.7 Å². The third kappa shape index (κ3) is 2.40. The van der Waals surface area contributed by atoms with Crippen molar-refractivity contribution in [3.05, 3.63) is 34.8 Å². The molecule has 3 heterocycles. The molecule has 130 valence electrons. The number of hydrogen-bond acceptors (Lipinski definition) is 5. The van der Waals surface area contributed by atoms with Crippen LogP contribution in [0.25, 0.3) is 0 Å². The van der Waals surface area contributed by atoms with Crippen LogP contribution in [-0.4, -0.2) is 43.5 Å². The van der Waals surface area contributed by atoms with Crippen LogP contribution in [0.5, 0.6) is 0 Å². The maximum absolute atomic E-state index is 12.3. The van der Waals surface area contributed by atoms with Gasteiger partial charge in [0.2, 0.25) is 5.91 Å². The molecule has 2 fully saturated rings. The van der Waals surface area contributed by atoms with E-state index in [1.54, 1.807) is 11.1 Å². The number of amides is 1. The maximum Gasteiger partial charge on any atom is 0.358 e. The standard InChI is InChI=1S/C17H19N5O3/c1-8-9(2)15(21-6-11-4-12(11)16(21)23)18-5-13(8)10(3)22-7-14(17(24)25)19-20-22/h5,7,10-12H,4,6H2,1-3H3,(H,24,25)/t10-,11+,12+/m0/s1. The molecule has 0 spiro atoms. The van der Waals surface area contributed by atoms with Crippen molar-refractivity contribution in [3.63, 3.8) is 0 Å². The molecule has 1 saturated carbocycles. The molecule has 1 saturated heterocycles. The fourth-order valence-corrected chi connectivity index (χ4v) is 3.58. The first-order valence-electron chi connectivity index (χ1n) is 8.31. The molecular weight excluding hydrogens is 322 g/mol. The first kappa shape index (κ1) is 15.7. The van der Waals surface area contributed by atoms with Crippen LogP contribution in [0.4, 0.5) is 5.82 Å². The molecule has 0 bridgehead atoms. The lowest BCUT2D eigenvalue weighted by Gasteiger charge is -2.23. The zero-order chi connectivity index (χ0) is 17.9. The molecule has 8 heteroatoms. The third-order valence-electron chi connectivity index (χ3n) is 5.41. The van der Waals surface area contributed by atoms with E-state index in [0.717, 1.165) is 35.5 Å². The van der Waals surface area contributed by atoms with Crippen molar-refractivity contribution in [1.82, 2.24) is 20.0 Å². The molecule has 8 nitrogen and oxygen atoms in total. The highest BCUT2D eigenvalue weighted by molar-refractivity contribution is 5.99. The van der Waals surface area contributed by atoms with Crippen LogP contribution in [0.2, 0.25) is 0 Å². The van der Waals surface area contributed by atoms with Gasteiger partial charge in [0.25, 0.3) is 0 Å². The van der Waals surface area contributed by atoms with Crippen LogP contribution in [0.1, 0.15) is 46.6 Å². The quantitative estimate of drug-likeness (QED) is 0.906. The molecule has 1 aliphatic carbocycles. The summed E-state index contributed by atoms with van der Waals surface area (Å²) < 4.78 is 1.52. The fourth-order valence-electron chi connectivity index (χ4n) is 3.58. The second kappa shape index (κ2) is 5.37. The number of rotatable bonds is 4. The van der Waals surface area contributed by atoms with E-state index in [2.05, 4.69) is 15.3 Å². The lowest BCUT2D eigenvalue weighted by Crippen LogP contribution is -2.30. The lowest BCUT2D eigenvalue weighted by molar-refractivity contribution is -0.118. The van der Waals surface area contributed by atoms with Crippen molar-refractivity contribution < 1.29 is 14.7 Å². The molecule has 0 unspecified atom stereocenters. The summed E-state index contributed by atoms with van der Waals surface area (Å²) in [5.74, 6) is 0.506. The third-order valence-corrected chi connectivity index (χ3v) is 5.41. The number of carboxylic acid groups (broad SMARTS) is 1. The monoisotopic (exact) mass is 341 g/mol. The normalized spacial score (nSPS) is 22.8. The van der Waals surface area contributed by atoms with E-state index in [0.29, 0.717) is 5.92 Å². The van der Waals surface area contributed by atoms with E-state index in [9.17, 15) is 9.59 Å². The molecule has 25 heavy (non-hydrogen) atoms. The smallest absolute Gasteiger partial charge is 0.358 e. The molecule has 2 aromatic rings. The van der Waals surface area contributed by atoms with Gasteiger partial charge in [0.15, 0.2) is 5.69 Å². The highest BCUT2D eigenvalue weighted by Gasteiger charge is 2.53. The number of piperidine rings is 1. The van der Waals surface area contributed by atoms with Crippen molar-refractivity contribution in [3.8, 4) is 0 Å². The van der Waals surface area contributed by atoms with E-state index < -0.39 is 5.97 Å². The van der Waals surface area contributed by atoms with Crippen molar-refractivity contribution in [2.75, 3.05) is 11.4 Å². The number of anilines is 1. The summed E-state index contributed by atoms with van der Waals surface area (Å²) in [6.07, 6.45) is 4.18. The molecule has 4 rings (SSSR count). The number of aromatic nitrogens is 4. The number of fused-ring (bicyclic) bond motifs is 1. The molecule has 3 atom stereocenters. The van der Waals surface area contributed by atoms with Crippen LogP contribution >= 0.6 is 0 Å². The summed E-state index contributed by atoms with van der Waals surface area (Å²) in [5.41, 5.74) is 2.84. The van der Waals surface area contributed by atoms with Crippen LogP contribution in [0, 0.1) is 25.7 Å². The Labute approximate surface area is 144 Å². The number of pyridine rings is 1. The van der Waals surface area contributed by atoms with Gasteiger partial charge in [-0.05, 0) is 49.8 Å². The summed E-state index contributed by atoms with van der Waals surface area (Å²) in [6.45, 7) is 6.63. The van der Waals surface area contributed by atoms with E-state index in [1.165, 1.54) is 10.9 Å². The Bertz CT molecular complexity index is 890. The first-order chi connectivity index (χ1) is 11.9. The largest absolute Gasteiger partial charge is 0.476 e. The lowest BCUT2D eigenvalue weighted by atomic mass is 10.0. The van der Waals surface area contributed by atoms with Gasteiger partial charge in [-0.2, -0.15) is 0 Å². The van der Waals surface area contributed by atoms with Gasteiger partial charge in [-0.1, -0.05) is 5.21 Å².